The number of nitrogens with zero attached hydrogens (tertiary/aromatic N) is 6. The highest BCUT2D eigenvalue weighted by atomic mass is 32.2. The van der Waals surface area contributed by atoms with E-state index in [4.69, 9.17) is 0 Å². The van der Waals surface area contributed by atoms with Crippen molar-refractivity contribution in [3.8, 4) is 16.8 Å². The molecule has 3 aliphatic rings. The number of sulfonamides is 2. The van der Waals surface area contributed by atoms with Crippen molar-refractivity contribution >= 4 is 47.9 Å². The van der Waals surface area contributed by atoms with E-state index >= 15 is 0 Å². The normalized spacial score (nSPS) is 20.4. The van der Waals surface area contributed by atoms with Crippen LogP contribution in [-0.2, 0) is 27.1 Å². The molecule has 0 bridgehead atoms. The van der Waals surface area contributed by atoms with Crippen molar-refractivity contribution in [1.82, 2.24) is 29.0 Å². The first-order valence-corrected chi connectivity index (χ1v) is 16.3. The number of nitriles is 1. The molecule has 11 nitrogen and oxygen atoms in total. The number of fused-ring (bicyclic) bond motifs is 1. The molecule has 40 heavy (non-hydrogen) atoms. The first kappa shape index (κ1) is 27.3. The van der Waals surface area contributed by atoms with E-state index in [-0.39, 0.29) is 28.7 Å². The molecule has 0 atom stereocenters. The Morgan fingerprint density at radius 2 is 1.88 bits per heavy atom. The second kappa shape index (κ2) is 9.08. The van der Waals surface area contributed by atoms with Gasteiger partial charge in [-0.2, -0.15) is 19.4 Å². The van der Waals surface area contributed by atoms with Crippen LogP contribution < -0.4 is 4.72 Å². The van der Waals surface area contributed by atoms with Gasteiger partial charge >= 0.3 is 0 Å². The maximum Gasteiger partial charge on any atom is 0.291 e. The van der Waals surface area contributed by atoms with Crippen molar-refractivity contribution in [3.63, 3.8) is 0 Å². The van der Waals surface area contributed by atoms with Crippen LogP contribution in [-0.4, -0.2) is 64.5 Å². The first-order valence-electron chi connectivity index (χ1n) is 12.6. The van der Waals surface area contributed by atoms with E-state index in [1.165, 1.54) is 21.1 Å². The van der Waals surface area contributed by atoms with Crippen molar-refractivity contribution < 1.29 is 25.6 Å². The third-order valence-electron chi connectivity index (χ3n) is 7.78. The van der Waals surface area contributed by atoms with E-state index in [0.29, 0.717) is 59.9 Å². The van der Waals surface area contributed by atoms with E-state index < -0.39 is 41.8 Å². The molecule has 212 valence electrons. The minimum atomic E-state index is -4.16. The molecule has 1 aliphatic heterocycles. The summed E-state index contributed by atoms with van der Waals surface area (Å²) in [6.45, 7) is 2.11. The Balaban J connectivity index is 1.48. The van der Waals surface area contributed by atoms with Gasteiger partial charge in [0.15, 0.2) is 10.0 Å². The molecule has 0 spiro atoms. The Hall–Kier alpha value is -2.84. The molecular weight excluding hydrogens is 585 g/mol. The van der Waals surface area contributed by atoms with Crippen molar-refractivity contribution in [1.29, 1.82) is 5.26 Å². The highest BCUT2D eigenvalue weighted by Gasteiger charge is 2.52. The largest absolute Gasteiger partial charge is 0.291 e. The predicted octanol–water partition coefficient (Wildman–Crippen LogP) is 3.34. The first-order chi connectivity index (χ1) is 18.8. The monoisotopic (exact) mass is 609 g/mol. The fourth-order valence-corrected chi connectivity index (χ4v) is 8.87. The highest BCUT2D eigenvalue weighted by Crippen LogP contribution is 2.46. The second-order valence-electron chi connectivity index (χ2n) is 10.7. The minimum Gasteiger partial charge on any atom is -0.267 e. The van der Waals surface area contributed by atoms with Gasteiger partial charge in [-0.25, -0.2) is 25.6 Å². The van der Waals surface area contributed by atoms with Gasteiger partial charge in [0.1, 0.15) is 11.2 Å². The van der Waals surface area contributed by atoms with Crippen LogP contribution >= 0.6 is 11.3 Å². The van der Waals surface area contributed by atoms with Gasteiger partial charge in [-0.05, 0) is 56.7 Å². The third-order valence-corrected chi connectivity index (χ3v) is 12.9. The van der Waals surface area contributed by atoms with E-state index in [1.54, 1.807) is 20.0 Å². The number of halogens is 2. The molecule has 6 rings (SSSR count). The van der Waals surface area contributed by atoms with Gasteiger partial charge in [-0.1, -0.05) is 17.4 Å². The van der Waals surface area contributed by atoms with Crippen LogP contribution in [0.2, 0.25) is 0 Å². The lowest BCUT2D eigenvalue weighted by Crippen LogP contribution is -2.41. The average Bonchev–Trinajstić information content (AvgIpc) is 3.77. The second-order valence-corrected chi connectivity index (χ2v) is 15.8. The Kier molecular flexibility index (Phi) is 6.21. The SMILES string of the molecule is Cn1nc(-c2nnc(C(F)F)s2)c2cc(S(=O)(=O)NC3(C#N)CC3)cc(C3=CCN(S(=O)(=O)C4(C)CC4)CC3)c21. The van der Waals surface area contributed by atoms with Crippen LogP contribution in [0, 0.1) is 11.3 Å². The van der Waals surface area contributed by atoms with Gasteiger partial charge in [-0.3, -0.25) is 4.68 Å². The quantitative estimate of drug-likeness (QED) is 0.409. The number of benzene rings is 1. The maximum atomic E-state index is 13.5. The summed E-state index contributed by atoms with van der Waals surface area (Å²) < 4.78 is 84.2. The maximum absolute atomic E-state index is 13.5. The molecular formula is C24H25F2N7O4S3. The van der Waals surface area contributed by atoms with Crippen LogP contribution in [0.1, 0.15) is 56.0 Å². The average molecular weight is 610 g/mol. The lowest BCUT2D eigenvalue weighted by atomic mass is 9.97. The standard InChI is InChI=1S/C24H25F2N7O4S3/c1-23(5-6-23)40(36,37)33-9-3-14(4-10-33)16-11-15(39(34,35)31-24(13-27)7-8-24)12-17-18(30-32(2)19(16)17)21-28-29-22(38-21)20(25)26/h3,11-12,20,31H,4-10H2,1-2H3. The summed E-state index contributed by atoms with van der Waals surface area (Å²) in [5.41, 5.74) is 0.838. The van der Waals surface area contributed by atoms with Gasteiger partial charge in [0.2, 0.25) is 20.0 Å². The summed E-state index contributed by atoms with van der Waals surface area (Å²) in [6.07, 6.45) is 1.32. The summed E-state index contributed by atoms with van der Waals surface area (Å²) in [4.78, 5) is -0.120. The van der Waals surface area contributed by atoms with Gasteiger partial charge in [0, 0.05) is 31.1 Å². The molecule has 0 unspecified atom stereocenters. The highest BCUT2D eigenvalue weighted by molar-refractivity contribution is 7.90. The molecule has 2 fully saturated rings. The topological polar surface area (TPSA) is 151 Å². The van der Waals surface area contributed by atoms with E-state index in [2.05, 4.69) is 20.0 Å². The Morgan fingerprint density at radius 1 is 1.15 bits per heavy atom. The van der Waals surface area contributed by atoms with E-state index in [9.17, 15) is 30.9 Å². The molecule has 0 saturated heterocycles. The minimum absolute atomic E-state index is 0.109. The van der Waals surface area contributed by atoms with Crippen LogP contribution in [0.5, 0.6) is 0 Å². The number of aromatic nitrogens is 4. The molecule has 0 amide bonds. The van der Waals surface area contributed by atoms with Gasteiger partial charge in [0.25, 0.3) is 6.43 Å². The number of aryl methyl sites for hydroxylation is 1. The lowest BCUT2D eigenvalue weighted by Gasteiger charge is -2.29. The molecule has 1 aromatic carbocycles. The molecule has 2 aliphatic carbocycles. The Labute approximate surface area is 233 Å². The molecule has 2 aromatic heterocycles. The number of alkyl halides is 2. The lowest BCUT2D eigenvalue weighted by molar-refractivity contribution is 0.150. The van der Waals surface area contributed by atoms with Crippen LogP contribution in [0.3, 0.4) is 0 Å². The number of hydrogen-bond donors (Lipinski definition) is 1. The molecule has 1 N–H and O–H groups in total. The predicted molar refractivity (Wildman–Crippen MR) is 143 cm³/mol. The van der Waals surface area contributed by atoms with E-state index in [1.807, 2.05) is 6.07 Å². The van der Waals surface area contributed by atoms with E-state index in [0.717, 1.165) is 5.57 Å². The zero-order valence-corrected chi connectivity index (χ0v) is 24.0. The van der Waals surface area contributed by atoms with Crippen LogP contribution in [0.15, 0.2) is 23.1 Å². The number of nitrogens with one attached hydrogen (secondary N) is 1. The molecule has 3 aromatic rings. The van der Waals surface area contributed by atoms with Gasteiger partial charge in [0.05, 0.1) is 21.2 Å². The third kappa shape index (κ3) is 4.44. The van der Waals surface area contributed by atoms with Gasteiger partial charge in [-0.15, -0.1) is 10.2 Å². The van der Waals surface area contributed by atoms with Crippen molar-refractivity contribution in [2.45, 2.75) is 60.6 Å². The Morgan fingerprint density at radius 3 is 2.42 bits per heavy atom. The number of rotatable bonds is 8. The van der Waals surface area contributed by atoms with Crippen molar-refractivity contribution in [2.75, 3.05) is 13.1 Å². The van der Waals surface area contributed by atoms with Crippen LogP contribution in [0.4, 0.5) is 8.78 Å². The Bertz CT molecular complexity index is 1830. The summed E-state index contributed by atoms with van der Waals surface area (Å²) in [6, 6.07) is 4.91. The molecule has 0 radical (unpaired) electrons. The zero-order valence-electron chi connectivity index (χ0n) is 21.6. The summed E-state index contributed by atoms with van der Waals surface area (Å²) in [5.74, 6) is 0. The fraction of sp³-hybridized carbons (Fsp3) is 0.500. The molecule has 2 saturated carbocycles. The van der Waals surface area contributed by atoms with Crippen molar-refractivity contribution in [3.05, 3.63) is 28.8 Å². The summed E-state index contributed by atoms with van der Waals surface area (Å²) >= 11 is 0.668. The van der Waals surface area contributed by atoms with Crippen molar-refractivity contribution in [2.24, 2.45) is 7.05 Å². The summed E-state index contributed by atoms with van der Waals surface area (Å²) in [7, 11) is -5.98. The summed E-state index contributed by atoms with van der Waals surface area (Å²) in [5, 5.41) is 21.4. The molecule has 3 heterocycles. The fourth-order valence-electron chi connectivity index (χ4n) is 4.90. The van der Waals surface area contributed by atoms with Gasteiger partial charge < -0.3 is 0 Å². The number of hydrogen-bond acceptors (Lipinski definition) is 9. The van der Waals surface area contributed by atoms with Crippen LogP contribution in [0.25, 0.3) is 27.2 Å². The zero-order chi connectivity index (χ0) is 28.7. The smallest absolute Gasteiger partial charge is 0.267 e. The molecule has 16 heteroatoms.